The Morgan fingerprint density at radius 3 is 2.28 bits per heavy atom. The van der Waals surface area contributed by atoms with E-state index < -0.39 is 22.2 Å². The van der Waals surface area contributed by atoms with Gasteiger partial charge < -0.3 is 14.8 Å². The van der Waals surface area contributed by atoms with Crippen molar-refractivity contribution in [3.05, 3.63) is 54.6 Å². The molecule has 4 rings (SSSR count). The molecule has 0 bridgehead atoms. The van der Waals surface area contributed by atoms with Crippen molar-refractivity contribution >= 4 is 21.6 Å². The fraction of sp³-hybridized carbons (Fsp3) is 0.391. The molecule has 2 aromatic carbocycles. The average Bonchev–Trinajstić information content (AvgIpc) is 3.25. The number of hydrogen-bond acceptors (Lipinski definition) is 6. The molecule has 8 nitrogen and oxygen atoms in total. The number of hydrogen-bond donors (Lipinski definition) is 1. The van der Waals surface area contributed by atoms with Crippen LogP contribution in [0.1, 0.15) is 19.3 Å². The first-order valence-electron chi connectivity index (χ1n) is 10.6. The third-order valence-electron chi connectivity index (χ3n) is 5.96. The van der Waals surface area contributed by atoms with Gasteiger partial charge in [0, 0.05) is 19.5 Å². The highest BCUT2D eigenvalue weighted by Crippen LogP contribution is 2.29. The summed E-state index contributed by atoms with van der Waals surface area (Å²) < 4.78 is 28.2. The van der Waals surface area contributed by atoms with E-state index in [0.717, 1.165) is 11.1 Å². The predicted octanol–water partition coefficient (Wildman–Crippen LogP) is 2.10. The Labute approximate surface area is 188 Å². The number of carbonyl (C=O) groups is 1. The van der Waals surface area contributed by atoms with Crippen molar-refractivity contribution < 1.29 is 23.2 Å². The molecule has 9 heteroatoms. The number of sulfonamides is 1. The molecule has 0 saturated carbocycles. The van der Waals surface area contributed by atoms with Gasteiger partial charge in [-0.15, -0.1) is 0 Å². The van der Waals surface area contributed by atoms with Gasteiger partial charge in [0.1, 0.15) is 13.2 Å². The van der Waals surface area contributed by atoms with E-state index in [9.17, 15) is 18.3 Å². The highest BCUT2D eigenvalue weighted by Gasteiger charge is 2.44. The van der Waals surface area contributed by atoms with Gasteiger partial charge >= 0.3 is 0 Å². The van der Waals surface area contributed by atoms with Gasteiger partial charge in [0.25, 0.3) is 0 Å². The number of oxime groups is 1. The van der Waals surface area contributed by atoms with E-state index in [1.807, 2.05) is 30.3 Å². The molecule has 1 N–H and O–H groups in total. The summed E-state index contributed by atoms with van der Waals surface area (Å²) in [7, 11) is -2.53. The quantitative estimate of drug-likeness (QED) is 0.694. The van der Waals surface area contributed by atoms with Gasteiger partial charge in [-0.05, 0) is 36.1 Å². The lowest BCUT2D eigenvalue weighted by Gasteiger charge is -2.33. The van der Waals surface area contributed by atoms with Crippen LogP contribution in [0.5, 0.6) is 0 Å². The molecule has 170 valence electrons. The Morgan fingerprint density at radius 1 is 1.03 bits per heavy atom. The van der Waals surface area contributed by atoms with E-state index in [-0.39, 0.29) is 23.8 Å². The molecule has 0 aliphatic carbocycles. The van der Waals surface area contributed by atoms with Crippen LogP contribution in [0.2, 0.25) is 0 Å². The van der Waals surface area contributed by atoms with E-state index in [0.29, 0.717) is 31.6 Å². The number of aliphatic hydroxyl groups excluding tert-OH is 1. The smallest absolute Gasteiger partial charge is 0.244 e. The van der Waals surface area contributed by atoms with Crippen molar-refractivity contribution in [1.82, 2.24) is 9.21 Å². The summed E-state index contributed by atoms with van der Waals surface area (Å²) in [6, 6.07) is 15.5. The summed E-state index contributed by atoms with van der Waals surface area (Å²) >= 11 is 0. The lowest BCUT2D eigenvalue weighted by atomic mass is 10.1. The Kier molecular flexibility index (Phi) is 6.59. The minimum absolute atomic E-state index is 0.00345. The molecule has 32 heavy (non-hydrogen) atoms. The van der Waals surface area contributed by atoms with E-state index in [2.05, 4.69) is 5.16 Å². The molecular weight excluding hydrogens is 430 g/mol. The van der Waals surface area contributed by atoms with E-state index in [1.54, 1.807) is 29.2 Å². The van der Waals surface area contributed by atoms with Crippen molar-refractivity contribution in [2.24, 2.45) is 5.16 Å². The summed E-state index contributed by atoms with van der Waals surface area (Å²) in [6.07, 6.45) is 0.750. The van der Waals surface area contributed by atoms with Crippen LogP contribution in [0.4, 0.5) is 0 Å². The van der Waals surface area contributed by atoms with E-state index in [1.165, 1.54) is 11.4 Å². The van der Waals surface area contributed by atoms with Gasteiger partial charge in [-0.25, -0.2) is 8.42 Å². The monoisotopic (exact) mass is 457 g/mol. The number of likely N-dealkylation sites (tertiary alicyclic amines) is 1. The third-order valence-corrected chi connectivity index (χ3v) is 7.83. The Hall–Kier alpha value is -2.75. The molecule has 1 atom stereocenters. The van der Waals surface area contributed by atoms with Crippen LogP contribution in [-0.4, -0.2) is 73.2 Å². The van der Waals surface area contributed by atoms with Crippen LogP contribution in [0.3, 0.4) is 0 Å². The number of amides is 1. The van der Waals surface area contributed by atoms with Gasteiger partial charge in [0.05, 0.1) is 23.3 Å². The molecule has 0 aromatic heterocycles. The number of piperidine rings is 1. The van der Waals surface area contributed by atoms with E-state index in [4.69, 9.17) is 4.84 Å². The van der Waals surface area contributed by atoms with Crippen molar-refractivity contribution in [2.45, 2.75) is 36.3 Å². The Bertz CT molecular complexity index is 1080. The van der Waals surface area contributed by atoms with Crippen molar-refractivity contribution in [2.75, 3.05) is 26.7 Å². The molecule has 2 aromatic rings. The second-order valence-corrected chi connectivity index (χ2v) is 9.95. The standard InChI is InChI=1S/C23H27N3O5S/c1-31-24-19-15-22(23(28)25-13-11-20(27)12-14-25)26(16-19)32(29,30)21-9-7-18(8-10-21)17-5-3-2-4-6-17/h2-10,20,22,27H,11-16H2,1H3/b24-19-/t22-/m0/s1. The number of rotatable bonds is 5. The second-order valence-electron chi connectivity index (χ2n) is 8.06. The first-order valence-corrected chi connectivity index (χ1v) is 12.1. The topological polar surface area (TPSA) is 99.5 Å². The highest BCUT2D eigenvalue weighted by molar-refractivity contribution is 7.89. The predicted molar refractivity (Wildman–Crippen MR) is 120 cm³/mol. The first kappa shape index (κ1) is 22.4. The van der Waals surface area contributed by atoms with Crippen LogP contribution >= 0.6 is 0 Å². The molecule has 2 saturated heterocycles. The number of aliphatic hydroxyl groups is 1. The summed E-state index contributed by atoms with van der Waals surface area (Å²) in [6.45, 7) is 0.823. The fourth-order valence-electron chi connectivity index (χ4n) is 4.22. The molecule has 1 amide bonds. The van der Waals surface area contributed by atoms with Gasteiger partial charge in [-0.1, -0.05) is 47.6 Å². The van der Waals surface area contributed by atoms with Crippen LogP contribution in [0.25, 0.3) is 11.1 Å². The zero-order valence-corrected chi connectivity index (χ0v) is 18.7. The molecule has 2 aliphatic rings. The van der Waals surface area contributed by atoms with Crippen LogP contribution in [0, 0.1) is 0 Å². The molecular formula is C23H27N3O5S. The highest BCUT2D eigenvalue weighted by atomic mass is 32.2. The van der Waals surface area contributed by atoms with Crippen molar-refractivity contribution in [1.29, 1.82) is 0 Å². The minimum atomic E-state index is -3.93. The summed E-state index contributed by atoms with van der Waals surface area (Å²) in [5.74, 6) is -0.261. The molecule has 0 radical (unpaired) electrons. The lowest BCUT2D eigenvalue weighted by molar-refractivity contribution is -0.136. The van der Waals surface area contributed by atoms with Gasteiger partial charge in [0.2, 0.25) is 15.9 Å². The zero-order valence-electron chi connectivity index (χ0n) is 17.9. The first-order chi connectivity index (χ1) is 15.4. The Balaban J connectivity index is 1.60. The summed E-state index contributed by atoms with van der Waals surface area (Å²) in [4.78, 5) is 19.8. The zero-order chi connectivity index (χ0) is 22.7. The minimum Gasteiger partial charge on any atom is -0.399 e. The maximum atomic E-state index is 13.5. The van der Waals surface area contributed by atoms with Crippen molar-refractivity contribution in [3.63, 3.8) is 0 Å². The third kappa shape index (κ3) is 4.55. The average molecular weight is 458 g/mol. The van der Waals surface area contributed by atoms with Gasteiger partial charge in [0.15, 0.2) is 0 Å². The summed E-state index contributed by atoms with van der Waals surface area (Å²) in [5.41, 5.74) is 2.41. The molecule has 2 fully saturated rings. The van der Waals surface area contributed by atoms with Crippen molar-refractivity contribution in [3.8, 4) is 11.1 Å². The molecule has 2 heterocycles. The summed E-state index contributed by atoms with van der Waals surface area (Å²) in [5, 5.41) is 13.7. The van der Waals surface area contributed by atoms with Crippen LogP contribution in [0.15, 0.2) is 64.6 Å². The van der Waals surface area contributed by atoms with E-state index >= 15 is 0 Å². The van der Waals surface area contributed by atoms with Crippen LogP contribution in [-0.2, 0) is 19.7 Å². The second kappa shape index (κ2) is 9.40. The Morgan fingerprint density at radius 2 is 1.66 bits per heavy atom. The maximum absolute atomic E-state index is 13.5. The lowest BCUT2D eigenvalue weighted by Crippen LogP contribution is -2.50. The number of carbonyl (C=O) groups excluding carboxylic acids is 1. The normalized spacial score (nSPS) is 21.8. The molecule has 0 unspecified atom stereocenters. The largest absolute Gasteiger partial charge is 0.399 e. The molecule has 0 spiro atoms. The van der Waals surface area contributed by atoms with Gasteiger partial charge in [-0.3, -0.25) is 4.79 Å². The molecule has 2 aliphatic heterocycles. The van der Waals surface area contributed by atoms with Crippen LogP contribution < -0.4 is 0 Å². The SMILES string of the molecule is CO/N=C1/C[C@@H](C(=O)N2CCC(O)CC2)N(S(=O)(=O)c2ccc(-c3ccccc3)cc2)C1. The number of benzene rings is 2. The number of nitrogens with zero attached hydrogens (tertiary/aromatic N) is 3. The van der Waals surface area contributed by atoms with Gasteiger partial charge in [-0.2, -0.15) is 4.31 Å². The maximum Gasteiger partial charge on any atom is 0.244 e. The fourth-order valence-corrected chi connectivity index (χ4v) is 5.79.